The Morgan fingerprint density at radius 1 is 0.833 bits per heavy atom. The average molecular weight is 235 g/mol. The van der Waals surface area contributed by atoms with Crippen LogP contribution in [0.4, 0.5) is 0 Å². The number of rotatable bonds is 2. The van der Waals surface area contributed by atoms with Gasteiger partial charge in [-0.1, -0.05) is 42.5 Å². The fourth-order valence-corrected chi connectivity index (χ4v) is 2.21. The van der Waals surface area contributed by atoms with Gasteiger partial charge in [-0.25, -0.2) is 0 Å². The summed E-state index contributed by atoms with van der Waals surface area (Å²) in [6.45, 7) is 0. The molecule has 0 saturated heterocycles. The highest BCUT2D eigenvalue weighted by molar-refractivity contribution is 5.86. The lowest BCUT2D eigenvalue weighted by atomic mass is 9.96. The summed E-state index contributed by atoms with van der Waals surface area (Å²) >= 11 is 0. The largest absolute Gasteiger partial charge is 0.384 e. The van der Waals surface area contributed by atoms with Gasteiger partial charge in [0.2, 0.25) is 0 Å². The molecule has 88 valence electrons. The molecule has 0 radical (unpaired) electrons. The SMILES string of the molecule is OC(c1ccncc1)c1cccc2ccccc12. The van der Waals surface area contributed by atoms with E-state index < -0.39 is 6.10 Å². The first kappa shape index (κ1) is 10.9. The second kappa shape index (κ2) is 4.59. The minimum absolute atomic E-state index is 0.612. The van der Waals surface area contributed by atoms with Crippen LogP contribution in [0.15, 0.2) is 67.0 Å². The molecule has 0 aliphatic heterocycles. The van der Waals surface area contributed by atoms with Gasteiger partial charge in [0.1, 0.15) is 6.10 Å². The lowest BCUT2D eigenvalue weighted by molar-refractivity contribution is 0.222. The van der Waals surface area contributed by atoms with Crippen molar-refractivity contribution < 1.29 is 5.11 Å². The van der Waals surface area contributed by atoms with Crippen molar-refractivity contribution in [3.8, 4) is 0 Å². The molecule has 3 rings (SSSR count). The van der Waals surface area contributed by atoms with Crippen LogP contribution in [-0.4, -0.2) is 10.1 Å². The molecule has 0 aliphatic rings. The van der Waals surface area contributed by atoms with Gasteiger partial charge in [-0.3, -0.25) is 4.98 Å². The molecule has 0 aliphatic carbocycles. The Bertz CT molecular complexity index is 659. The molecule has 3 aromatic rings. The van der Waals surface area contributed by atoms with Crippen LogP contribution >= 0.6 is 0 Å². The summed E-state index contributed by atoms with van der Waals surface area (Å²) < 4.78 is 0. The van der Waals surface area contributed by atoms with Crippen molar-refractivity contribution in [1.82, 2.24) is 4.98 Å². The lowest BCUT2D eigenvalue weighted by Crippen LogP contribution is -2.00. The second-order valence-corrected chi connectivity index (χ2v) is 4.25. The molecule has 2 heteroatoms. The summed E-state index contributed by atoms with van der Waals surface area (Å²) in [5, 5.41) is 12.7. The number of pyridine rings is 1. The zero-order chi connectivity index (χ0) is 12.4. The number of benzene rings is 2. The minimum Gasteiger partial charge on any atom is -0.384 e. The van der Waals surface area contributed by atoms with E-state index in [1.54, 1.807) is 12.4 Å². The number of hydrogen-bond donors (Lipinski definition) is 1. The van der Waals surface area contributed by atoms with Gasteiger partial charge in [0, 0.05) is 12.4 Å². The van der Waals surface area contributed by atoms with Crippen LogP contribution in [0.25, 0.3) is 10.8 Å². The minimum atomic E-state index is -0.612. The molecule has 1 atom stereocenters. The molecule has 1 unspecified atom stereocenters. The molecule has 0 spiro atoms. The summed E-state index contributed by atoms with van der Waals surface area (Å²) in [6, 6.07) is 17.8. The molecular weight excluding hydrogens is 222 g/mol. The van der Waals surface area contributed by atoms with E-state index in [9.17, 15) is 5.11 Å². The monoisotopic (exact) mass is 235 g/mol. The van der Waals surface area contributed by atoms with Crippen molar-refractivity contribution in [1.29, 1.82) is 0 Å². The van der Waals surface area contributed by atoms with E-state index in [2.05, 4.69) is 17.1 Å². The van der Waals surface area contributed by atoms with E-state index in [-0.39, 0.29) is 0 Å². The van der Waals surface area contributed by atoms with Gasteiger partial charge >= 0.3 is 0 Å². The molecule has 1 aromatic heterocycles. The predicted molar refractivity (Wildman–Crippen MR) is 72.2 cm³/mol. The van der Waals surface area contributed by atoms with Crippen LogP contribution in [0.3, 0.4) is 0 Å². The van der Waals surface area contributed by atoms with Crippen molar-refractivity contribution in [3.05, 3.63) is 78.1 Å². The first-order valence-electron chi connectivity index (χ1n) is 5.92. The number of fused-ring (bicyclic) bond motifs is 1. The van der Waals surface area contributed by atoms with E-state index in [1.807, 2.05) is 42.5 Å². The number of nitrogens with zero attached hydrogens (tertiary/aromatic N) is 1. The first-order chi connectivity index (χ1) is 8.86. The molecule has 2 aromatic carbocycles. The van der Waals surface area contributed by atoms with E-state index in [0.717, 1.165) is 21.9 Å². The quantitative estimate of drug-likeness (QED) is 0.739. The summed E-state index contributed by atoms with van der Waals surface area (Å²) in [6.07, 6.45) is 2.78. The topological polar surface area (TPSA) is 33.1 Å². The van der Waals surface area contributed by atoms with E-state index in [1.165, 1.54) is 0 Å². The van der Waals surface area contributed by atoms with Crippen molar-refractivity contribution in [2.75, 3.05) is 0 Å². The highest BCUT2D eigenvalue weighted by Crippen LogP contribution is 2.28. The molecule has 0 bridgehead atoms. The van der Waals surface area contributed by atoms with Gasteiger partial charge in [-0.2, -0.15) is 0 Å². The van der Waals surface area contributed by atoms with Crippen molar-refractivity contribution in [2.45, 2.75) is 6.10 Å². The maximum Gasteiger partial charge on any atom is 0.105 e. The van der Waals surface area contributed by atoms with Gasteiger partial charge in [0.15, 0.2) is 0 Å². The van der Waals surface area contributed by atoms with Crippen LogP contribution in [0.2, 0.25) is 0 Å². The second-order valence-electron chi connectivity index (χ2n) is 4.25. The highest BCUT2D eigenvalue weighted by Gasteiger charge is 2.12. The Kier molecular flexibility index (Phi) is 2.79. The smallest absolute Gasteiger partial charge is 0.105 e. The third-order valence-corrected chi connectivity index (χ3v) is 3.14. The van der Waals surface area contributed by atoms with Crippen molar-refractivity contribution in [3.63, 3.8) is 0 Å². The van der Waals surface area contributed by atoms with Crippen LogP contribution in [0.5, 0.6) is 0 Å². The van der Waals surface area contributed by atoms with Gasteiger partial charge in [-0.15, -0.1) is 0 Å². The number of aliphatic hydroxyl groups excluding tert-OH is 1. The first-order valence-corrected chi connectivity index (χ1v) is 5.92. The molecular formula is C16H13NO. The van der Waals surface area contributed by atoms with Crippen LogP contribution < -0.4 is 0 Å². The van der Waals surface area contributed by atoms with Gasteiger partial charge in [0.05, 0.1) is 0 Å². The van der Waals surface area contributed by atoms with E-state index >= 15 is 0 Å². The Labute approximate surface area is 106 Å². The summed E-state index contributed by atoms with van der Waals surface area (Å²) in [7, 11) is 0. The molecule has 0 fully saturated rings. The van der Waals surface area contributed by atoms with Crippen molar-refractivity contribution >= 4 is 10.8 Å². The van der Waals surface area contributed by atoms with Crippen LogP contribution in [0.1, 0.15) is 17.2 Å². The lowest BCUT2D eigenvalue weighted by Gasteiger charge is -2.13. The number of aliphatic hydroxyl groups is 1. The molecule has 2 nitrogen and oxygen atoms in total. The summed E-state index contributed by atoms with van der Waals surface area (Å²) in [4.78, 5) is 3.97. The molecule has 0 amide bonds. The van der Waals surface area contributed by atoms with Crippen molar-refractivity contribution in [2.24, 2.45) is 0 Å². The third kappa shape index (κ3) is 1.87. The van der Waals surface area contributed by atoms with Gasteiger partial charge < -0.3 is 5.11 Å². The molecule has 1 heterocycles. The zero-order valence-corrected chi connectivity index (χ0v) is 9.82. The van der Waals surface area contributed by atoms with E-state index in [4.69, 9.17) is 0 Å². The predicted octanol–water partition coefficient (Wildman–Crippen LogP) is 3.32. The molecule has 18 heavy (non-hydrogen) atoms. The summed E-state index contributed by atoms with van der Waals surface area (Å²) in [5.74, 6) is 0. The van der Waals surface area contributed by atoms with Gasteiger partial charge in [0.25, 0.3) is 0 Å². The van der Waals surface area contributed by atoms with Crippen LogP contribution in [0, 0.1) is 0 Å². The normalized spacial score (nSPS) is 12.5. The molecule has 0 saturated carbocycles. The fourth-order valence-electron chi connectivity index (χ4n) is 2.21. The standard InChI is InChI=1S/C16H13NO/c18-16(13-8-10-17-11-9-13)15-7-3-5-12-4-1-2-6-14(12)15/h1-11,16,18H. The van der Waals surface area contributed by atoms with Gasteiger partial charge in [-0.05, 0) is 34.0 Å². The Morgan fingerprint density at radius 2 is 1.56 bits per heavy atom. The maximum absolute atomic E-state index is 10.5. The third-order valence-electron chi connectivity index (χ3n) is 3.14. The Hall–Kier alpha value is -2.19. The Balaban J connectivity index is 2.15. The molecule has 1 N–H and O–H groups in total. The highest BCUT2D eigenvalue weighted by atomic mass is 16.3. The van der Waals surface area contributed by atoms with Crippen LogP contribution in [-0.2, 0) is 0 Å². The fraction of sp³-hybridized carbons (Fsp3) is 0.0625. The number of aromatic nitrogens is 1. The zero-order valence-electron chi connectivity index (χ0n) is 9.82. The Morgan fingerprint density at radius 3 is 2.39 bits per heavy atom. The summed E-state index contributed by atoms with van der Waals surface area (Å²) in [5.41, 5.74) is 1.79. The van der Waals surface area contributed by atoms with E-state index in [0.29, 0.717) is 0 Å². The average Bonchev–Trinajstić information content (AvgIpc) is 2.47. The number of hydrogen-bond acceptors (Lipinski definition) is 2. The maximum atomic E-state index is 10.5.